The van der Waals surface area contributed by atoms with Crippen molar-refractivity contribution in [2.45, 2.75) is 19.3 Å². The third kappa shape index (κ3) is 3.18. The lowest BCUT2D eigenvalue weighted by molar-refractivity contribution is 0.193. The Bertz CT molecular complexity index is 187. The Labute approximate surface area is 114 Å². The number of halogens is 2. The number of nitrogens with zero attached hydrogens (tertiary/aromatic N) is 2. The highest BCUT2D eigenvalue weighted by Crippen LogP contribution is 2.50. The molecule has 1 aliphatic heterocycles. The van der Waals surface area contributed by atoms with Gasteiger partial charge in [0.25, 0.3) is 0 Å². The predicted octanol–water partition coefficient (Wildman–Crippen LogP) is 2.56. The van der Waals surface area contributed by atoms with Crippen LogP contribution in [0.1, 0.15) is 19.3 Å². The maximum atomic E-state index is 2.64. The fraction of sp³-hybridized carbons (Fsp3) is 1.00. The number of hydrogen-bond donors (Lipinski definition) is 0. The lowest BCUT2D eigenvalue weighted by atomic mass is 10.1. The molecule has 0 unspecified atom stereocenters. The first kappa shape index (κ1) is 11.9. The van der Waals surface area contributed by atoms with Crippen molar-refractivity contribution in [2.75, 3.05) is 37.2 Å². The standard InChI is InChI=1S/C10H18I2N2/c11-9-10(1-2-10)3-4-13-5-7-14(12)8-6-13/h1-9H2. The van der Waals surface area contributed by atoms with Crippen molar-refractivity contribution in [1.82, 2.24) is 8.01 Å². The van der Waals surface area contributed by atoms with Crippen molar-refractivity contribution in [3.63, 3.8) is 0 Å². The van der Waals surface area contributed by atoms with Gasteiger partial charge in [0, 0.05) is 53.5 Å². The highest BCUT2D eigenvalue weighted by Gasteiger charge is 2.41. The fourth-order valence-electron chi connectivity index (χ4n) is 1.97. The zero-order chi connectivity index (χ0) is 10.0. The number of hydrogen-bond acceptors (Lipinski definition) is 2. The van der Waals surface area contributed by atoms with E-state index in [0.717, 1.165) is 5.41 Å². The monoisotopic (exact) mass is 420 g/mol. The first-order chi connectivity index (χ1) is 6.74. The van der Waals surface area contributed by atoms with Gasteiger partial charge in [-0.3, -0.25) is 0 Å². The van der Waals surface area contributed by atoms with Gasteiger partial charge in [-0.25, -0.2) is 3.11 Å². The van der Waals surface area contributed by atoms with Crippen LogP contribution in [0.5, 0.6) is 0 Å². The molecule has 82 valence electrons. The molecule has 2 nitrogen and oxygen atoms in total. The van der Waals surface area contributed by atoms with Gasteiger partial charge in [0.1, 0.15) is 0 Å². The van der Waals surface area contributed by atoms with Gasteiger partial charge >= 0.3 is 0 Å². The molecule has 0 aromatic heterocycles. The Morgan fingerprint density at radius 3 is 2.21 bits per heavy atom. The smallest absolute Gasteiger partial charge is 0.0209 e. The van der Waals surface area contributed by atoms with Gasteiger partial charge < -0.3 is 4.90 Å². The highest BCUT2D eigenvalue weighted by molar-refractivity contribution is 14.1. The summed E-state index contributed by atoms with van der Waals surface area (Å²) in [6, 6.07) is 0. The average molecular weight is 420 g/mol. The van der Waals surface area contributed by atoms with Gasteiger partial charge in [0.15, 0.2) is 0 Å². The molecule has 0 atom stereocenters. The Morgan fingerprint density at radius 2 is 1.71 bits per heavy atom. The average Bonchev–Trinajstić information content (AvgIpc) is 2.98. The summed E-state index contributed by atoms with van der Waals surface area (Å²) in [6.07, 6.45) is 4.42. The second-order valence-corrected chi connectivity index (χ2v) is 6.76. The van der Waals surface area contributed by atoms with Crippen molar-refractivity contribution in [1.29, 1.82) is 0 Å². The summed E-state index contributed by atoms with van der Waals surface area (Å²) in [5.41, 5.74) is 0.766. The normalized spacial score (nSPS) is 27.9. The minimum atomic E-state index is 0.766. The molecule has 2 rings (SSSR count). The van der Waals surface area contributed by atoms with E-state index in [4.69, 9.17) is 0 Å². The maximum Gasteiger partial charge on any atom is 0.0209 e. The summed E-state index contributed by atoms with van der Waals surface area (Å²) in [4.78, 5) is 2.64. The van der Waals surface area contributed by atoms with E-state index in [2.05, 4.69) is 53.5 Å². The summed E-state index contributed by atoms with van der Waals surface area (Å²) in [5.74, 6) is 0. The lowest BCUT2D eigenvalue weighted by Crippen LogP contribution is -2.42. The molecule has 0 aromatic rings. The molecule has 0 N–H and O–H groups in total. The SMILES string of the molecule is ICC1(CCN2CCN(I)CC2)CC1. The van der Waals surface area contributed by atoms with Crippen LogP contribution in [0.25, 0.3) is 0 Å². The van der Waals surface area contributed by atoms with Crippen LogP contribution >= 0.6 is 45.5 Å². The van der Waals surface area contributed by atoms with Crippen LogP contribution in [0.4, 0.5) is 0 Å². The summed E-state index contributed by atoms with van der Waals surface area (Å²) >= 11 is 5.00. The molecule has 2 aliphatic rings. The van der Waals surface area contributed by atoms with Crippen molar-refractivity contribution in [2.24, 2.45) is 5.41 Å². The molecule has 2 fully saturated rings. The van der Waals surface area contributed by atoms with Gasteiger partial charge in [0.05, 0.1) is 0 Å². The molecule has 0 radical (unpaired) electrons. The van der Waals surface area contributed by atoms with Crippen LogP contribution in [0.3, 0.4) is 0 Å². The molecular weight excluding hydrogens is 402 g/mol. The van der Waals surface area contributed by atoms with E-state index in [9.17, 15) is 0 Å². The summed E-state index contributed by atoms with van der Waals surface area (Å²) in [5, 5.41) is 0. The van der Waals surface area contributed by atoms with E-state index >= 15 is 0 Å². The molecule has 1 heterocycles. The molecule has 0 spiro atoms. The fourth-order valence-corrected chi connectivity index (χ4v) is 3.55. The van der Waals surface area contributed by atoms with Crippen LogP contribution < -0.4 is 0 Å². The van der Waals surface area contributed by atoms with E-state index in [1.165, 1.54) is 56.4 Å². The molecule has 0 aromatic carbocycles. The summed E-state index contributed by atoms with van der Waals surface area (Å²) in [7, 11) is 0. The van der Waals surface area contributed by atoms with Crippen LogP contribution in [0.15, 0.2) is 0 Å². The van der Waals surface area contributed by atoms with E-state index < -0.39 is 0 Å². The van der Waals surface area contributed by atoms with E-state index in [1.54, 1.807) is 0 Å². The van der Waals surface area contributed by atoms with Gasteiger partial charge in [-0.2, -0.15) is 0 Å². The molecular formula is C10H18I2N2. The van der Waals surface area contributed by atoms with Crippen molar-refractivity contribution >= 4 is 45.5 Å². The van der Waals surface area contributed by atoms with Gasteiger partial charge in [-0.15, -0.1) is 0 Å². The molecule has 1 saturated carbocycles. The number of piperazine rings is 1. The van der Waals surface area contributed by atoms with E-state index in [0.29, 0.717) is 0 Å². The first-order valence-electron chi connectivity index (χ1n) is 5.43. The van der Waals surface area contributed by atoms with Crippen LogP contribution in [-0.2, 0) is 0 Å². The maximum absolute atomic E-state index is 2.64. The van der Waals surface area contributed by atoms with Crippen LogP contribution in [0.2, 0.25) is 0 Å². The van der Waals surface area contributed by atoms with Crippen molar-refractivity contribution < 1.29 is 0 Å². The van der Waals surface area contributed by atoms with Crippen molar-refractivity contribution in [3.05, 3.63) is 0 Å². The summed E-state index contributed by atoms with van der Waals surface area (Å²) < 4.78 is 3.77. The van der Waals surface area contributed by atoms with Gasteiger partial charge in [-0.1, -0.05) is 22.6 Å². The molecule has 14 heavy (non-hydrogen) atoms. The zero-order valence-corrected chi connectivity index (χ0v) is 12.8. The Morgan fingerprint density at radius 1 is 1.07 bits per heavy atom. The second kappa shape index (κ2) is 5.14. The van der Waals surface area contributed by atoms with Crippen LogP contribution in [-0.4, -0.2) is 45.2 Å². The molecule has 1 aliphatic carbocycles. The Balaban J connectivity index is 1.66. The van der Waals surface area contributed by atoms with Crippen molar-refractivity contribution in [3.8, 4) is 0 Å². The molecule has 0 bridgehead atoms. The molecule has 4 heteroatoms. The Kier molecular flexibility index (Phi) is 4.35. The largest absolute Gasteiger partial charge is 0.301 e. The summed E-state index contributed by atoms with van der Waals surface area (Å²) in [6.45, 7) is 6.39. The predicted molar refractivity (Wildman–Crippen MR) is 77.2 cm³/mol. The van der Waals surface area contributed by atoms with Gasteiger partial charge in [-0.05, 0) is 31.2 Å². The topological polar surface area (TPSA) is 6.48 Å². The third-order valence-electron chi connectivity index (χ3n) is 3.52. The second-order valence-electron chi connectivity index (χ2n) is 4.64. The van der Waals surface area contributed by atoms with E-state index in [-0.39, 0.29) is 0 Å². The highest BCUT2D eigenvalue weighted by atomic mass is 127. The number of rotatable bonds is 4. The zero-order valence-electron chi connectivity index (χ0n) is 8.51. The third-order valence-corrected chi connectivity index (χ3v) is 6.10. The Hall–Kier alpha value is 1.38. The quantitative estimate of drug-likeness (QED) is 0.392. The van der Waals surface area contributed by atoms with E-state index in [1.807, 2.05) is 0 Å². The van der Waals surface area contributed by atoms with Gasteiger partial charge in [0.2, 0.25) is 0 Å². The molecule has 0 amide bonds. The minimum absolute atomic E-state index is 0.766. The number of alkyl halides is 1. The molecule has 1 saturated heterocycles. The van der Waals surface area contributed by atoms with Crippen LogP contribution in [0, 0.1) is 5.41 Å². The first-order valence-corrected chi connectivity index (χ1v) is 7.92. The minimum Gasteiger partial charge on any atom is -0.301 e. The lowest BCUT2D eigenvalue weighted by Gasteiger charge is -2.32.